The highest BCUT2D eigenvalue weighted by Gasteiger charge is 2.31. The van der Waals surface area contributed by atoms with Gasteiger partial charge in [-0.3, -0.25) is 0 Å². The highest BCUT2D eigenvalue weighted by atomic mass is 79.9. The van der Waals surface area contributed by atoms with Gasteiger partial charge in [0, 0.05) is 21.6 Å². The summed E-state index contributed by atoms with van der Waals surface area (Å²) < 4.78 is 1.03. The fraction of sp³-hybridized carbons (Fsp3) is 0.250. The first-order valence-electron chi connectivity index (χ1n) is 6.33. The number of rotatable bonds is 5. The normalized spacial score (nSPS) is 11.7. The van der Waals surface area contributed by atoms with Crippen molar-refractivity contribution in [2.75, 3.05) is 11.8 Å². The van der Waals surface area contributed by atoms with Crippen LogP contribution in [-0.4, -0.2) is 11.8 Å². The van der Waals surface area contributed by atoms with E-state index in [-0.39, 0.29) is 5.41 Å². The zero-order valence-electron chi connectivity index (χ0n) is 11.1. The van der Waals surface area contributed by atoms with Crippen LogP contribution in [0.4, 0.5) is 0 Å². The number of alkyl halides is 2. The summed E-state index contributed by atoms with van der Waals surface area (Å²) in [6.45, 7) is 0. The highest BCUT2D eigenvalue weighted by molar-refractivity contribution is 9.10. The third kappa shape index (κ3) is 4.09. The molecule has 0 aromatic heterocycles. The van der Waals surface area contributed by atoms with Gasteiger partial charge in [-0.1, -0.05) is 57.3 Å². The minimum atomic E-state index is -0.332. The Labute approximate surface area is 153 Å². The summed E-state index contributed by atoms with van der Waals surface area (Å²) in [4.78, 5) is 0. The highest BCUT2D eigenvalue weighted by Crippen LogP contribution is 2.34. The Balaban J connectivity index is 2.37. The van der Waals surface area contributed by atoms with Crippen LogP contribution in [0.15, 0.2) is 46.9 Å². The second-order valence-corrected chi connectivity index (χ2v) is 7.24. The Bertz CT molecular complexity index is 606. The maximum Gasteiger partial charge on any atom is 0.0595 e. The van der Waals surface area contributed by atoms with Crippen LogP contribution < -0.4 is 0 Å². The lowest BCUT2D eigenvalue weighted by Gasteiger charge is -2.30. The number of hydrogen-bond acceptors (Lipinski definition) is 0. The van der Waals surface area contributed by atoms with Crippen LogP contribution >= 0.6 is 62.3 Å². The third-order valence-electron chi connectivity index (χ3n) is 3.49. The minimum Gasteiger partial charge on any atom is -0.126 e. The van der Waals surface area contributed by atoms with E-state index in [1.165, 1.54) is 0 Å². The summed E-state index contributed by atoms with van der Waals surface area (Å²) >= 11 is 28.0. The van der Waals surface area contributed by atoms with E-state index < -0.39 is 0 Å². The first kappa shape index (κ1) is 17.4. The van der Waals surface area contributed by atoms with E-state index in [9.17, 15) is 0 Å². The van der Waals surface area contributed by atoms with Crippen molar-refractivity contribution in [1.29, 1.82) is 0 Å². The van der Waals surface area contributed by atoms with Crippen LogP contribution in [0.2, 0.25) is 10.0 Å². The molecule has 0 heterocycles. The SMILES string of the molecule is ClCC(CCl)(Cc1ccc(Cl)c(Cl)c1)c1ccc(Br)cc1. The van der Waals surface area contributed by atoms with Crippen molar-refractivity contribution in [2.45, 2.75) is 11.8 Å². The second kappa shape index (κ2) is 7.57. The van der Waals surface area contributed by atoms with Crippen molar-refractivity contribution >= 4 is 62.3 Å². The van der Waals surface area contributed by atoms with Gasteiger partial charge in [0.25, 0.3) is 0 Å². The smallest absolute Gasteiger partial charge is 0.0595 e. The molecule has 0 unspecified atom stereocenters. The number of benzene rings is 2. The van der Waals surface area contributed by atoms with Crippen molar-refractivity contribution < 1.29 is 0 Å². The Morgan fingerprint density at radius 1 is 0.857 bits per heavy atom. The average Bonchev–Trinajstić information content (AvgIpc) is 2.49. The lowest BCUT2D eigenvalue weighted by Crippen LogP contribution is -2.33. The summed E-state index contributed by atoms with van der Waals surface area (Å²) in [6, 6.07) is 13.7. The molecule has 5 heteroatoms. The third-order valence-corrected chi connectivity index (χ3v) is 5.79. The molecular weight excluding hydrogens is 414 g/mol. The van der Waals surface area contributed by atoms with Gasteiger partial charge in [-0.2, -0.15) is 0 Å². The molecule has 21 heavy (non-hydrogen) atoms. The Morgan fingerprint density at radius 2 is 1.48 bits per heavy atom. The summed E-state index contributed by atoms with van der Waals surface area (Å²) in [5, 5.41) is 1.09. The van der Waals surface area contributed by atoms with E-state index in [4.69, 9.17) is 46.4 Å². The van der Waals surface area contributed by atoms with E-state index in [0.717, 1.165) is 15.6 Å². The summed E-state index contributed by atoms with van der Waals surface area (Å²) in [7, 11) is 0. The predicted octanol–water partition coefficient (Wildman–Crippen LogP) is 6.71. The quantitative estimate of drug-likeness (QED) is 0.466. The molecular formula is C16H13BrCl4. The maximum atomic E-state index is 6.26. The standard InChI is InChI=1S/C16H13BrCl4/c17-13-4-2-12(3-5-13)16(9-18,10-19)8-11-1-6-14(20)15(21)7-11/h1-7H,8-10H2. The Hall–Kier alpha value is 0.0800. The molecule has 0 nitrogen and oxygen atoms in total. The van der Waals surface area contributed by atoms with Gasteiger partial charge in [-0.15, -0.1) is 23.2 Å². The van der Waals surface area contributed by atoms with Gasteiger partial charge in [0.2, 0.25) is 0 Å². The van der Waals surface area contributed by atoms with Gasteiger partial charge in [0.1, 0.15) is 0 Å². The predicted molar refractivity (Wildman–Crippen MR) is 97.4 cm³/mol. The van der Waals surface area contributed by atoms with E-state index >= 15 is 0 Å². The van der Waals surface area contributed by atoms with E-state index in [2.05, 4.69) is 15.9 Å². The molecule has 0 aliphatic rings. The Morgan fingerprint density at radius 3 is 2.00 bits per heavy atom. The van der Waals surface area contributed by atoms with Crippen molar-refractivity contribution in [2.24, 2.45) is 0 Å². The monoisotopic (exact) mass is 424 g/mol. The van der Waals surface area contributed by atoms with Gasteiger partial charge < -0.3 is 0 Å². The molecule has 0 aliphatic carbocycles. The first-order chi connectivity index (χ1) is 10.0. The minimum absolute atomic E-state index is 0.332. The zero-order chi connectivity index (χ0) is 15.5. The molecule has 2 rings (SSSR count). The molecule has 0 bridgehead atoms. The molecule has 2 aromatic carbocycles. The van der Waals surface area contributed by atoms with Crippen molar-refractivity contribution in [1.82, 2.24) is 0 Å². The fourth-order valence-electron chi connectivity index (χ4n) is 2.23. The fourth-order valence-corrected chi connectivity index (χ4v) is 3.60. The maximum absolute atomic E-state index is 6.26. The zero-order valence-corrected chi connectivity index (χ0v) is 15.7. The van der Waals surface area contributed by atoms with Crippen LogP contribution in [0, 0.1) is 0 Å². The molecule has 0 atom stereocenters. The molecule has 0 amide bonds. The molecule has 0 saturated heterocycles. The molecule has 0 N–H and O–H groups in total. The van der Waals surface area contributed by atoms with Gasteiger partial charge in [0.05, 0.1) is 10.0 Å². The van der Waals surface area contributed by atoms with Gasteiger partial charge >= 0.3 is 0 Å². The molecule has 0 fully saturated rings. The second-order valence-electron chi connectivity index (χ2n) is 4.98. The average molecular weight is 427 g/mol. The van der Waals surface area contributed by atoms with E-state index in [1.54, 1.807) is 6.07 Å². The van der Waals surface area contributed by atoms with Crippen LogP contribution in [-0.2, 0) is 11.8 Å². The first-order valence-corrected chi connectivity index (χ1v) is 8.94. The van der Waals surface area contributed by atoms with Crippen molar-refractivity contribution in [3.8, 4) is 0 Å². The van der Waals surface area contributed by atoms with E-state index in [0.29, 0.717) is 28.2 Å². The van der Waals surface area contributed by atoms with Crippen LogP contribution in [0.1, 0.15) is 11.1 Å². The van der Waals surface area contributed by atoms with E-state index in [1.807, 2.05) is 36.4 Å². The van der Waals surface area contributed by atoms with Gasteiger partial charge in [-0.05, 0) is 41.8 Å². The summed E-state index contributed by atoms with van der Waals surface area (Å²) in [6.07, 6.45) is 0.707. The van der Waals surface area contributed by atoms with Crippen molar-refractivity contribution in [3.05, 3.63) is 68.1 Å². The molecule has 0 radical (unpaired) electrons. The summed E-state index contributed by atoms with van der Waals surface area (Å²) in [5.41, 5.74) is 1.84. The molecule has 0 saturated carbocycles. The largest absolute Gasteiger partial charge is 0.126 e. The lowest BCUT2D eigenvalue weighted by molar-refractivity contribution is 0.536. The number of halogens is 5. The summed E-state index contributed by atoms with van der Waals surface area (Å²) in [5.74, 6) is 0.858. The van der Waals surface area contributed by atoms with Crippen LogP contribution in [0.5, 0.6) is 0 Å². The lowest BCUT2D eigenvalue weighted by atomic mass is 9.79. The Kier molecular flexibility index (Phi) is 6.28. The molecule has 112 valence electrons. The topological polar surface area (TPSA) is 0 Å². The molecule has 0 spiro atoms. The van der Waals surface area contributed by atoms with Crippen LogP contribution in [0.3, 0.4) is 0 Å². The molecule has 2 aromatic rings. The molecule has 0 aliphatic heterocycles. The van der Waals surface area contributed by atoms with Gasteiger partial charge in [0.15, 0.2) is 0 Å². The van der Waals surface area contributed by atoms with Gasteiger partial charge in [-0.25, -0.2) is 0 Å². The number of hydrogen-bond donors (Lipinski definition) is 0. The van der Waals surface area contributed by atoms with Crippen LogP contribution in [0.25, 0.3) is 0 Å². The van der Waals surface area contributed by atoms with Crippen molar-refractivity contribution in [3.63, 3.8) is 0 Å².